The van der Waals surface area contributed by atoms with Crippen LogP contribution in [0.2, 0.25) is 0 Å². The highest BCUT2D eigenvalue weighted by Gasteiger charge is 2.20. The number of nitrogens with one attached hydrogen (secondary N) is 1. The van der Waals surface area contributed by atoms with Gasteiger partial charge in [-0.05, 0) is 43.8 Å². The molecule has 148 valence electrons. The number of ether oxygens (including phenoxy) is 1. The Labute approximate surface area is 166 Å². The summed E-state index contributed by atoms with van der Waals surface area (Å²) >= 11 is 0. The van der Waals surface area contributed by atoms with Crippen LogP contribution < -0.4 is 10.1 Å². The molecule has 28 heavy (non-hydrogen) atoms. The maximum absolute atomic E-state index is 12.6. The van der Waals surface area contributed by atoms with Crippen LogP contribution in [-0.4, -0.2) is 60.9 Å². The number of carbonyl (C=O) groups excluding carboxylic acids is 2. The first-order chi connectivity index (χ1) is 13.5. The van der Waals surface area contributed by atoms with Crippen molar-refractivity contribution in [2.75, 3.05) is 33.2 Å². The Hall–Kier alpha value is -2.86. The van der Waals surface area contributed by atoms with E-state index in [4.69, 9.17) is 4.74 Å². The van der Waals surface area contributed by atoms with Crippen LogP contribution in [-0.2, 0) is 11.3 Å². The molecule has 1 aliphatic rings. The van der Waals surface area contributed by atoms with Crippen LogP contribution in [0.5, 0.6) is 5.75 Å². The van der Waals surface area contributed by atoms with E-state index in [0.29, 0.717) is 17.9 Å². The van der Waals surface area contributed by atoms with E-state index in [-0.39, 0.29) is 11.8 Å². The lowest BCUT2D eigenvalue weighted by Crippen LogP contribution is -2.47. The molecule has 1 heterocycles. The zero-order chi connectivity index (χ0) is 19.9. The van der Waals surface area contributed by atoms with Crippen molar-refractivity contribution in [2.24, 2.45) is 0 Å². The molecule has 0 bridgehead atoms. The van der Waals surface area contributed by atoms with Gasteiger partial charge in [0.2, 0.25) is 0 Å². The molecular formula is C22H27N3O3. The fourth-order valence-electron chi connectivity index (χ4n) is 3.05. The number of hydrogen-bond acceptors (Lipinski definition) is 4. The summed E-state index contributed by atoms with van der Waals surface area (Å²) in [4.78, 5) is 28.9. The van der Waals surface area contributed by atoms with Crippen LogP contribution in [0.1, 0.15) is 22.8 Å². The summed E-state index contributed by atoms with van der Waals surface area (Å²) < 4.78 is 5.62. The SMILES string of the molecule is C[C@H](Oc1ccccc1)C(=O)NCc1ccc(C(=O)N2CCN(C)CC2)cc1. The average molecular weight is 381 g/mol. The molecule has 2 amide bonds. The van der Waals surface area contributed by atoms with E-state index < -0.39 is 6.10 Å². The maximum atomic E-state index is 12.6. The van der Waals surface area contributed by atoms with Crippen molar-refractivity contribution >= 4 is 11.8 Å². The van der Waals surface area contributed by atoms with Crippen LogP contribution in [0.4, 0.5) is 0 Å². The number of likely N-dealkylation sites (N-methyl/N-ethyl adjacent to an activating group) is 1. The summed E-state index contributed by atoms with van der Waals surface area (Å²) in [6.07, 6.45) is -0.583. The second kappa shape index (κ2) is 9.37. The molecule has 1 aliphatic heterocycles. The third kappa shape index (κ3) is 5.33. The molecule has 6 nitrogen and oxygen atoms in total. The van der Waals surface area contributed by atoms with E-state index in [9.17, 15) is 9.59 Å². The predicted molar refractivity (Wildman–Crippen MR) is 108 cm³/mol. The second-order valence-corrected chi connectivity index (χ2v) is 7.08. The fraction of sp³-hybridized carbons (Fsp3) is 0.364. The molecule has 0 aromatic heterocycles. The molecule has 0 unspecified atom stereocenters. The predicted octanol–water partition coefficient (Wildman–Crippen LogP) is 2.16. The first-order valence-corrected chi connectivity index (χ1v) is 9.59. The van der Waals surface area contributed by atoms with E-state index in [2.05, 4.69) is 17.3 Å². The molecule has 6 heteroatoms. The van der Waals surface area contributed by atoms with Crippen LogP contribution in [0.3, 0.4) is 0 Å². The minimum absolute atomic E-state index is 0.0635. The minimum Gasteiger partial charge on any atom is -0.481 e. The van der Waals surface area contributed by atoms with E-state index in [0.717, 1.165) is 31.7 Å². The van der Waals surface area contributed by atoms with Crippen molar-refractivity contribution in [3.8, 4) is 5.75 Å². The molecule has 1 saturated heterocycles. The minimum atomic E-state index is -0.583. The molecule has 1 N–H and O–H groups in total. The van der Waals surface area contributed by atoms with Gasteiger partial charge in [0, 0.05) is 38.3 Å². The normalized spacial score (nSPS) is 15.7. The standard InChI is InChI=1S/C22H27N3O3/c1-17(28-20-6-4-3-5-7-20)21(26)23-16-18-8-10-19(11-9-18)22(27)25-14-12-24(2)13-15-25/h3-11,17H,12-16H2,1-2H3,(H,23,26)/t17-/m0/s1. The molecule has 0 aliphatic carbocycles. The topological polar surface area (TPSA) is 61.9 Å². The maximum Gasteiger partial charge on any atom is 0.261 e. The van der Waals surface area contributed by atoms with Gasteiger partial charge in [-0.1, -0.05) is 30.3 Å². The molecule has 2 aromatic rings. The van der Waals surface area contributed by atoms with Gasteiger partial charge in [-0.3, -0.25) is 9.59 Å². The smallest absolute Gasteiger partial charge is 0.261 e. The molecule has 1 fully saturated rings. The number of piperazine rings is 1. The summed E-state index contributed by atoms with van der Waals surface area (Å²) in [6.45, 7) is 5.43. The van der Waals surface area contributed by atoms with Gasteiger partial charge >= 0.3 is 0 Å². The Morgan fingerprint density at radius 3 is 2.29 bits per heavy atom. The van der Waals surface area contributed by atoms with Gasteiger partial charge < -0.3 is 19.9 Å². The van der Waals surface area contributed by atoms with E-state index >= 15 is 0 Å². The van der Waals surface area contributed by atoms with Crippen molar-refractivity contribution < 1.29 is 14.3 Å². The molecule has 1 atom stereocenters. The van der Waals surface area contributed by atoms with Crippen LogP contribution in [0, 0.1) is 0 Å². The highest BCUT2D eigenvalue weighted by molar-refractivity contribution is 5.94. The summed E-state index contributed by atoms with van der Waals surface area (Å²) in [5.74, 6) is 0.548. The lowest BCUT2D eigenvalue weighted by Gasteiger charge is -2.32. The largest absolute Gasteiger partial charge is 0.481 e. The van der Waals surface area contributed by atoms with Crippen LogP contribution >= 0.6 is 0 Å². The quantitative estimate of drug-likeness (QED) is 0.833. The van der Waals surface area contributed by atoms with Crippen molar-refractivity contribution in [3.63, 3.8) is 0 Å². The number of amides is 2. The van der Waals surface area contributed by atoms with Crippen molar-refractivity contribution in [2.45, 2.75) is 19.6 Å². The van der Waals surface area contributed by atoms with E-state index in [1.54, 1.807) is 6.92 Å². The summed E-state index contributed by atoms with van der Waals surface area (Å²) in [5, 5.41) is 2.87. The number of rotatable bonds is 6. The Kier molecular flexibility index (Phi) is 6.66. The Bertz CT molecular complexity index is 784. The molecule has 2 aromatic carbocycles. The van der Waals surface area contributed by atoms with Gasteiger partial charge in [0.1, 0.15) is 5.75 Å². The third-order valence-electron chi connectivity index (χ3n) is 4.88. The van der Waals surface area contributed by atoms with Crippen LogP contribution in [0.15, 0.2) is 54.6 Å². The zero-order valence-electron chi connectivity index (χ0n) is 16.4. The number of carbonyl (C=O) groups is 2. The first-order valence-electron chi connectivity index (χ1n) is 9.59. The summed E-state index contributed by atoms with van der Waals surface area (Å²) in [7, 11) is 2.07. The summed E-state index contributed by atoms with van der Waals surface area (Å²) in [5.41, 5.74) is 1.62. The average Bonchev–Trinajstić information content (AvgIpc) is 2.73. The van der Waals surface area contributed by atoms with Crippen LogP contribution in [0.25, 0.3) is 0 Å². The lowest BCUT2D eigenvalue weighted by molar-refractivity contribution is -0.127. The van der Waals surface area contributed by atoms with Gasteiger partial charge in [-0.15, -0.1) is 0 Å². The molecule has 0 saturated carbocycles. The number of nitrogens with zero attached hydrogens (tertiary/aromatic N) is 2. The molecule has 0 radical (unpaired) electrons. The monoisotopic (exact) mass is 381 g/mol. The van der Waals surface area contributed by atoms with Gasteiger partial charge in [0.15, 0.2) is 6.10 Å². The zero-order valence-corrected chi connectivity index (χ0v) is 16.4. The second-order valence-electron chi connectivity index (χ2n) is 7.08. The van der Waals surface area contributed by atoms with Crippen molar-refractivity contribution in [1.82, 2.24) is 15.1 Å². The fourth-order valence-corrected chi connectivity index (χ4v) is 3.05. The number of para-hydroxylation sites is 1. The highest BCUT2D eigenvalue weighted by Crippen LogP contribution is 2.12. The van der Waals surface area contributed by atoms with Gasteiger partial charge in [-0.25, -0.2) is 0 Å². The summed E-state index contributed by atoms with van der Waals surface area (Å²) in [6, 6.07) is 16.7. The highest BCUT2D eigenvalue weighted by atomic mass is 16.5. The third-order valence-corrected chi connectivity index (χ3v) is 4.88. The Morgan fingerprint density at radius 2 is 1.64 bits per heavy atom. The van der Waals surface area contributed by atoms with Crippen molar-refractivity contribution in [3.05, 3.63) is 65.7 Å². The number of benzene rings is 2. The van der Waals surface area contributed by atoms with Crippen molar-refractivity contribution in [1.29, 1.82) is 0 Å². The van der Waals surface area contributed by atoms with Gasteiger partial charge in [0.25, 0.3) is 11.8 Å². The molecule has 3 rings (SSSR count). The van der Waals surface area contributed by atoms with E-state index in [1.807, 2.05) is 59.5 Å². The van der Waals surface area contributed by atoms with E-state index in [1.165, 1.54) is 0 Å². The number of hydrogen-bond donors (Lipinski definition) is 1. The molecular weight excluding hydrogens is 354 g/mol. The van der Waals surface area contributed by atoms with Gasteiger partial charge in [0.05, 0.1) is 0 Å². The molecule has 0 spiro atoms. The first kappa shape index (κ1) is 19.9. The Balaban J connectivity index is 1.48. The van der Waals surface area contributed by atoms with Gasteiger partial charge in [-0.2, -0.15) is 0 Å². The Morgan fingerprint density at radius 1 is 1.00 bits per heavy atom. The lowest BCUT2D eigenvalue weighted by atomic mass is 10.1.